The topological polar surface area (TPSA) is 116 Å². The lowest BCUT2D eigenvalue weighted by Gasteiger charge is -2.15. The van der Waals surface area contributed by atoms with Crippen LogP contribution in [-0.4, -0.2) is 29.8 Å². The van der Waals surface area contributed by atoms with Crippen LogP contribution in [0.3, 0.4) is 0 Å². The molecule has 0 aromatic heterocycles. The molecule has 0 aliphatic rings. The highest BCUT2D eigenvalue weighted by Crippen LogP contribution is 2.26. The number of ether oxygens (including phenoxy) is 1. The fourth-order valence-corrected chi connectivity index (χ4v) is 6.69. The molecule has 0 aliphatic carbocycles. The van der Waals surface area contributed by atoms with Gasteiger partial charge in [0.1, 0.15) is 29.7 Å². The maximum Gasteiger partial charge on any atom is 0.145 e. The molecule has 7 rings (SSSR count). The number of benzene rings is 7. The lowest BCUT2D eigenvalue weighted by molar-refractivity contribution is -0.120. The summed E-state index contributed by atoms with van der Waals surface area (Å²) in [6.45, 7) is 2.88. The second-order valence-electron chi connectivity index (χ2n) is 13.6. The molecule has 7 aromatic carbocycles. The highest BCUT2D eigenvalue weighted by molar-refractivity contribution is 5.91. The summed E-state index contributed by atoms with van der Waals surface area (Å²) in [4.78, 5) is 25.7. The molecule has 6 nitrogen and oxygen atoms in total. The first-order valence-corrected chi connectivity index (χ1v) is 18.3. The van der Waals surface area contributed by atoms with Crippen molar-refractivity contribution in [3.05, 3.63) is 191 Å². The van der Waals surface area contributed by atoms with Crippen molar-refractivity contribution in [1.29, 1.82) is 0 Å². The Hall–Kier alpha value is -6.08. The van der Waals surface area contributed by atoms with Gasteiger partial charge < -0.3 is 21.3 Å². The van der Waals surface area contributed by atoms with Crippen LogP contribution in [0.25, 0.3) is 21.5 Å². The zero-order valence-corrected chi connectivity index (χ0v) is 30.5. The Labute approximate surface area is 324 Å². The Balaban J connectivity index is 0.000000212. The van der Waals surface area contributed by atoms with E-state index in [1.807, 2.05) is 116 Å². The molecule has 7 aromatic rings. The molecule has 2 atom stereocenters. The number of aryl methyl sites for hydroxylation is 1. The molecule has 280 valence electrons. The summed E-state index contributed by atoms with van der Waals surface area (Å²) < 4.78 is 5.84. The van der Waals surface area contributed by atoms with Gasteiger partial charge >= 0.3 is 0 Å². The molecule has 55 heavy (non-hydrogen) atoms. The second-order valence-corrected chi connectivity index (χ2v) is 13.6. The van der Waals surface area contributed by atoms with Gasteiger partial charge in [-0.1, -0.05) is 147 Å². The van der Waals surface area contributed by atoms with E-state index < -0.39 is 0 Å². The van der Waals surface area contributed by atoms with Crippen molar-refractivity contribution in [2.24, 2.45) is 11.5 Å². The van der Waals surface area contributed by atoms with E-state index in [0.717, 1.165) is 49.9 Å². The van der Waals surface area contributed by atoms with Gasteiger partial charge in [0.05, 0.1) is 11.8 Å². The number of ketones is 2. The van der Waals surface area contributed by atoms with Gasteiger partial charge in [0, 0.05) is 25.9 Å². The number of carbonyl (C=O) groups is 2. The molecule has 0 saturated carbocycles. The van der Waals surface area contributed by atoms with E-state index in [0.29, 0.717) is 19.4 Å². The highest BCUT2D eigenvalue weighted by atomic mass is 16.5. The molecule has 6 heteroatoms. The predicted molar refractivity (Wildman–Crippen MR) is 226 cm³/mol. The van der Waals surface area contributed by atoms with E-state index in [9.17, 15) is 14.7 Å². The molecule has 0 aliphatic heterocycles. The fourth-order valence-electron chi connectivity index (χ4n) is 6.69. The molecule has 0 bridgehead atoms. The van der Waals surface area contributed by atoms with Gasteiger partial charge in [-0.2, -0.15) is 0 Å². The van der Waals surface area contributed by atoms with Crippen molar-refractivity contribution < 1.29 is 19.4 Å². The van der Waals surface area contributed by atoms with E-state index in [-0.39, 0.29) is 49.7 Å². The molecule has 0 heterocycles. The van der Waals surface area contributed by atoms with Gasteiger partial charge in [0.2, 0.25) is 0 Å². The lowest BCUT2D eigenvalue weighted by Crippen LogP contribution is -2.23. The fraction of sp³-hybridized carbons (Fsp3) is 0.184. The third-order valence-corrected chi connectivity index (χ3v) is 9.79. The number of fused-ring (bicyclic) bond motifs is 2. The van der Waals surface area contributed by atoms with E-state index in [1.54, 1.807) is 12.1 Å². The van der Waals surface area contributed by atoms with Crippen molar-refractivity contribution >= 4 is 33.1 Å². The number of rotatable bonds is 13. The number of phenols is 1. The zero-order chi connectivity index (χ0) is 37.9. The number of aromatic hydroxyl groups is 1. The predicted octanol–water partition coefficient (Wildman–Crippen LogP) is 9.62. The highest BCUT2D eigenvalue weighted by Gasteiger charge is 2.21. The number of hydrogen-bond donors (Lipinski definition) is 3. The SMILES string of the molecule is C.Cc1cc(C(CN)C(=O)Cc2ccc3ccccc3c2)ccc1O.NCC(C(=O)Cc1ccc2ccccc2c1)c1ccc(OCc2ccccc2)cc1. The number of carbonyl (C=O) groups excluding carboxylic acids is 2. The Morgan fingerprint density at radius 3 is 1.53 bits per heavy atom. The first-order valence-electron chi connectivity index (χ1n) is 18.3. The molecular weight excluding hydrogens is 681 g/mol. The van der Waals surface area contributed by atoms with Crippen LogP contribution in [0.4, 0.5) is 0 Å². The van der Waals surface area contributed by atoms with Crippen LogP contribution >= 0.6 is 0 Å². The van der Waals surface area contributed by atoms with Crippen molar-refractivity contribution in [1.82, 2.24) is 0 Å². The Morgan fingerprint density at radius 1 is 0.545 bits per heavy atom. The summed E-state index contributed by atoms with van der Waals surface area (Å²) in [6, 6.07) is 51.5. The summed E-state index contributed by atoms with van der Waals surface area (Å²) in [5.41, 5.74) is 17.5. The average molecular weight is 731 g/mol. The van der Waals surface area contributed by atoms with Crippen molar-refractivity contribution in [3.63, 3.8) is 0 Å². The molecule has 0 radical (unpaired) electrons. The van der Waals surface area contributed by atoms with Crippen LogP contribution < -0.4 is 16.2 Å². The zero-order valence-electron chi connectivity index (χ0n) is 30.5. The summed E-state index contributed by atoms with van der Waals surface area (Å²) in [7, 11) is 0. The van der Waals surface area contributed by atoms with Gasteiger partial charge in [-0.05, 0) is 80.0 Å². The average Bonchev–Trinajstić information content (AvgIpc) is 3.20. The third kappa shape index (κ3) is 10.5. The maximum absolute atomic E-state index is 13.0. The maximum atomic E-state index is 13.0. The molecular formula is C49H50N2O4. The van der Waals surface area contributed by atoms with Gasteiger partial charge in [0.15, 0.2) is 0 Å². The smallest absolute Gasteiger partial charge is 0.145 e. The normalized spacial score (nSPS) is 11.8. The molecule has 2 unspecified atom stereocenters. The number of phenolic OH excluding ortho intramolecular Hbond substituents is 1. The van der Waals surface area contributed by atoms with Crippen LogP contribution in [-0.2, 0) is 29.0 Å². The van der Waals surface area contributed by atoms with Crippen LogP contribution in [0.2, 0.25) is 0 Å². The van der Waals surface area contributed by atoms with Crippen LogP contribution in [0, 0.1) is 6.92 Å². The van der Waals surface area contributed by atoms with Crippen LogP contribution in [0.15, 0.2) is 158 Å². The Kier molecular flexibility index (Phi) is 14.1. The van der Waals surface area contributed by atoms with Crippen LogP contribution in [0.5, 0.6) is 11.5 Å². The van der Waals surface area contributed by atoms with Gasteiger partial charge in [-0.3, -0.25) is 9.59 Å². The Bertz CT molecular complexity index is 2340. The second kappa shape index (κ2) is 19.3. The number of nitrogens with two attached hydrogens (primary N) is 2. The van der Waals surface area contributed by atoms with Gasteiger partial charge in [-0.25, -0.2) is 0 Å². The van der Waals surface area contributed by atoms with Crippen molar-refractivity contribution in [3.8, 4) is 11.5 Å². The van der Waals surface area contributed by atoms with Crippen molar-refractivity contribution in [2.75, 3.05) is 13.1 Å². The minimum absolute atomic E-state index is 0. The molecule has 5 N–H and O–H groups in total. The molecule has 0 saturated heterocycles. The summed E-state index contributed by atoms with van der Waals surface area (Å²) in [5.74, 6) is 0.566. The van der Waals surface area contributed by atoms with E-state index in [2.05, 4.69) is 36.4 Å². The van der Waals surface area contributed by atoms with E-state index in [1.165, 1.54) is 10.8 Å². The first-order chi connectivity index (χ1) is 26.3. The van der Waals surface area contributed by atoms with Crippen molar-refractivity contribution in [2.45, 2.75) is 45.6 Å². The minimum Gasteiger partial charge on any atom is -0.508 e. The summed E-state index contributed by atoms with van der Waals surface area (Å²) in [5, 5.41) is 14.3. The quantitative estimate of drug-likeness (QED) is 0.109. The van der Waals surface area contributed by atoms with E-state index in [4.69, 9.17) is 16.2 Å². The summed E-state index contributed by atoms with van der Waals surface area (Å²) >= 11 is 0. The molecule has 0 spiro atoms. The Morgan fingerprint density at radius 2 is 1.02 bits per heavy atom. The largest absolute Gasteiger partial charge is 0.508 e. The van der Waals surface area contributed by atoms with Crippen LogP contribution in [0.1, 0.15) is 52.6 Å². The number of hydrogen-bond acceptors (Lipinski definition) is 6. The molecule has 0 amide bonds. The van der Waals surface area contributed by atoms with Gasteiger partial charge in [-0.15, -0.1) is 0 Å². The minimum atomic E-state index is -0.351. The monoisotopic (exact) mass is 730 g/mol. The van der Waals surface area contributed by atoms with Gasteiger partial charge in [0.25, 0.3) is 0 Å². The first kappa shape index (κ1) is 40.1. The molecule has 0 fully saturated rings. The standard InChI is InChI=1S/C27H25NO2.C21H21NO2.CH4/c28-18-26(27(29)17-21-10-11-22-8-4-5-9-24(22)16-21)23-12-14-25(15-13-23)30-19-20-6-2-1-3-7-20;1-14-10-18(8-9-20(14)23)19(13-22)21(24)12-15-6-7-16-4-2-3-5-17(16)11-15;/h1-16,26H,17-19,28H2;2-11,19,23H,12-13,22H2,1H3;1H4. The number of Topliss-reactive ketones (excluding diaryl/α,β-unsaturated/α-hetero) is 2. The third-order valence-electron chi connectivity index (χ3n) is 9.79. The van der Waals surface area contributed by atoms with E-state index >= 15 is 0 Å². The lowest BCUT2D eigenvalue weighted by atomic mass is 9.89. The summed E-state index contributed by atoms with van der Waals surface area (Å²) in [6.07, 6.45) is 0.728.